The van der Waals surface area contributed by atoms with E-state index in [1.165, 1.54) is 0 Å². The SMILES string of the molecule is CCNC(=O)NC(=O)[C@@H](C)N[C@H](C)c1cccc(OCC)c1. The molecule has 3 N–H and O–H groups in total. The van der Waals surface area contributed by atoms with E-state index in [9.17, 15) is 9.59 Å². The van der Waals surface area contributed by atoms with Crippen LogP contribution in [0, 0.1) is 0 Å². The lowest BCUT2D eigenvalue weighted by molar-refractivity contribution is -0.121. The fourth-order valence-electron chi connectivity index (χ4n) is 2.01. The average Bonchev–Trinajstić information content (AvgIpc) is 2.48. The van der Waals surface area contributed by atoms with Crippen LogP contribution in [0.25, 0.3) is 0 Å². The van der Waals surface area contributed by atoms with Crippen LogP contribution in [0.4, 0.5) is 4.79 Å². The van der Waals surface area contributed by atoms with Gasteiger partial charge in [0.05, 0.1) is 12.6 Å². The second-order valence-corrected chi connectivity index (χ2v) is 4.96. The molecule has 1 rings (SSSR count). The van der Waals surface area contributed by atoms with Crippen LogP contribution >= 0.6 is 0 Å². The summed E-state index contributed by atoms with van der Waals surface area (Å²) >= 11 is 0. The van der Waals surface area contributed by atoms with Gasteiger partial charge in [0.25, 0.3) is 0 Å². The second-order valence-electron chi connectivity index (χ2n) is 4.96. The van der Waals surface area contributed by atoms with Gasteiger partial charge >= 0.3 is 6.03 Å². The lowest BCUT2D eigenvalue weighted by Crippen LogP contribution is -2.48. The Hall–Kier alpha value is -2.08. The van der Waals surface area contributed by atoms with Crippen molar-refractivity contribution in [3.8, 4) is 5.75 Å². The maximum Gasteiger partial charge on any atom is 0.321 e. The predicted molar refractivity (Wildman–Crippen MR) is 85.8 cm³/mol. The summed E-state index contributed by atoms with van der Waals surface area (Å²) in [6.07, 6.45) is 0. The van der Waals surface area contributed by atoms with Crippen molar-refractivity contribution in [2.75, 3.05) is 13.2 Å². The van der Waals surface area contributed by atoms with Crippen molar-refractivity contribution in [1.29, 1.82) is 0 Å². The number of imide groups is 1. The van der Waals surface area contributed by atoms with Gasteiger partial charge in [-0.05, 0) is 45.4 Å². The summed E-state index contributed by atoms with van der Waals surface area (Å²) in [5.41, 5.74) is 1.02. The van der Waals surface area contributed by atoms with E-state index < -0.39 is 12.1 Å². The first-order chi connectivity index (χ1) is 10.5. The highest BCUT2D eigenvalue weighted by Gasteiger charge is 2.18. The van der Waals surface area contributed by atoms with Crippen molar-refractivity contribution < 1.29 is 14.3 Å². The van der Waals surface area contributed by atoms with E-state index in [1.54, 1.807) is 13.8 Å². The zero-order valence-electron chi connectivity index (χ0n) is 13.6. The molecule has 1 aromatic rings. The molecule has 0 aromatic heterocycles. The Labute approximate surface area is 131 Å². The number of benzene rings is 1. The van der Waals surface area contributed by atoms with Crippen LogP contribution in [0.5, 0.6) is 5.75 Å². The van der Waals surface area contributed by atoms with Gasteiger partial charge in [-0.2, -0.15) is 0 Å². The highest BCUT2D eigenvalue weighted by atomic mass is 16.5. The Morgan fingerprint density at radius 3 is 2.59 bits per heavy atom. The van der Waals surface area contributed by atoms with Gasteiger partial charge in [0, 0.05) is 12.6 Å². The Bertz CT molecular complexity index is 505. The van der Waals surface area contributed by atoms with Crippen molar-refractivity contribution in [1.82, 2.24) is 16.0 Å². The maximum absolute atomic E-state index is 11.9. The van der Waals surface area contributed by atoms with Gasteiger partial charge in [0.15, 0.2) is 0 Å². The Balaban J connectivity index is 2.59. The fourth-order valence-corrected chi connectivity index (χ4v) is 2.01. The first kappa shape index (κ1) is 18.0. The average molecular weight is 307 g/mol. The molecular weight excluding hydrogens is 282 g/mol. The van der Waals surface area contributed by atoms with Crippen LogP contribution in [0.15, 0.2) is 24.3 Å². The van der Waals surface area contributed by atoms with Gasteiger partial charge in [-0.25, -0.2) is 4.79 Å². The summed E-state index contributed by atoms with van der Waals surface area (Å²) in [5, 5.41) is 7.98. The zero-order chi connectivity index (χ0) is 16.5. The third kappa shape index (κ3) is 5.73. The first-order valence-corrected chi connectivity index (χ1v) is 7.55. The molecule has 2 atom stereocenters. The second kappa shape index (κ2) is 9.04. The topological polar surface area (TPSA) is 79.5 Å². The molecule has 0 fully saturated rings. The molecule has 0 aliphatic carbocycles. The molecule has 0 spiro atoms. The lowest BCUT2D eigenvalue weighted by atomic mass is 10.1. The monoisotopic (exact) mass is 307 g/mol. The van der Waals surface area contributed by atoms with E-state index in [0.29, 0.717) is 13.2 Å². The molecule has 122 valence electrons. The molecule has 6 heteroatoms. The maximum atomic E-state index is 11.9. The first-order valence-electron chi connectivity index (χ1n) is 7.55. The molecule has 0 heterocycles. The van der Waals surface area contributed by atoms with E-state index >= 15 is 0 Å². The molecule has 22 heavy (non-hydrogen) atoms. The third-order valence-corrected chi connectivity index (χ3v) is 3.14. The Morgan fingerprint density at radius 1 is 1.23 bits per heavy atom. The minimum absolute atomic E-state index is 0.0459. The molecule has 0 bridgehead atoms. The fraction of sp³-hybridized carbons (Fsp3) is 0.500. The summed E-state index contributed by atoms with van der Waals surface area (Å²) in [5.74, 6) is 0.437. The van der Waals surface area contributed by atoms with Crippen LogP contribution in [-0.4, -0.2) is 31.1 Å². The van der Waals surface area contributed by atoms with Crippen molar-refractivity contribution in [3.63, 3.8) is 0 Å². The Kier molecular flexibility index (Phi) is 7.39. The number of hydrogen-bond donors (Lipinski definition) is 3. The molecule has 0 saturated carbocycles. The molecule has 3 amide bonds. The van der Waals surface area contributed by atoms with E-state index in [2.05, 4.69) is 16.0 Å². The van der Waals surface area contributed by atoms with Crippen LogP contribution < -0.4 is 20.7 Å². The summed E-state index contributed by atoms with van der Waals surface area (Å²) in [6.45, 7) is 8.48. The normalized spacial score (nSPS) is 13.1. The quantitative estimate of drug-likeness (QED) is 0.719. The van der Waals surface area contributed by atoms with Gasteiger partial charge in [-0.15, -0.1) is 0 Å². The number of ether oxygens (including phenoxy) is 1. The summed E-state index contributed by atoms with van der Waals surface area (Å²) in [4.78, 5) is 23.2. The number of nitrogens with one attached hydrogen (secondary N) is 3. The molecule has 6 nitrogen and oxygen atoms in total. The number of urea groups is 1. The highest BCUT2D eigenvalue weighted by molar-refractivity contribution is 5.96. The smallest absolute Gasteiger partial charge is 0.321 e. The molecule has 0 radical (unpaired) electrons. The highest BCUT2D eigenvalue weighted by Crippen LogP contribution is 2.19. The molecule has 1 aromatic carbocycles. The number of amides is 3. The summed E-state index contributed by atoms with van der Waals surface area (Å²) in [6, 6.07) is 6.70. The van der Waals surface area contributed by atoms with Gasteiger partial charge in [0.1, 0.15) is 5.75 Å². The van der Waals surface area contributed by atoms with Crippen molar-refractivity contribution in [2.24, 2.45) is 0 Å². The van der Waals surface area contributed by atoms with E-state index in [-0.39, 0.29) is 11.9 Å². The van der Waals surface area contributed by atoms with Crippen LogP contribution in [0.1, 0.15) is 39.3 Å². The van der Waals surface area contributed by atoms with Crippen molar-refractivity contribution in [3.05, 3.63) is 29.8 Å². The minimum Gasteiger partial charge on any atom is -0.494 e. The number of hydrogen-bond acceptors (Lipinski definition) is 4. The largest absolute Gasteiger partial charge is 0.494 e. The van der Waals surface area contributed by atoms with Crippen LogP contribution in [0.2, 0.25) is 0 Å². The molecular formula is C16H25N3O3. The standard InChI is InChI=1S/C16H25N3O3/c1-5-17-16(21)19-15(20)12(4)18-11(3)13-8-7-9-14(10-13)22-6-2/h7-12,18H,5-6H2,1-4H3,(H2,17,19,20,21)/t11-,12-/m1/s1. The molecule has 0 saturated heterocycles. The van der Waals surface area contributed by atoms with Crippen LogP contribution in [0.3, 0.4) is 0 Å². The van der Waals surface area contributed by atoms with E-state index in [4.69, 9.17) is 4.74 Å². The number of rotatable bonds is 7. The molecule has 0 unspecified atom stereocenters. The summed E-state index contributed by atoms with van der Waals surface area (Å²) in [7, 11) is 0. The summed E-state index contributed by atoms with van der Waals surface area (Å²) < 4.78 is 5.47. The third-order valence-electron chi connectivity index (χ3n) is 3.14. The number of carbonyl (C=O) groups excluding carboxylic acids is 2. The van der Waals surface area contributed by atoms with Gasteiger partial charge in [-0.1, -0.05) is 12.1 Å². The van der Waals surface area contributed by atoms with Crippen molar-refractivity contribution >= 4 is 11.9 Å². The zero-order valence-corrected chi connectivity index (χ0v) is 13.6. The van der Waals surface area contributed by atoms with Gasteiger partial charge in [0.2, 0.25) is 5.91 Å². The molecule has 0 aliphatic heterocycles. The Morgan fingerprint density at radius 2 is 1.95 bits per heavy atom. The van der Waals surface area contributed by atoms with E-state index in [0.717, 1.165) is 11.3 Å². The van der Waals surface area contributed by atoms with Gasteiger partial charge in [-0.3, -0.25) is 15.4 Å². The van der Waals surface area contributed by atoms with Gasteiger partial charge < -0.3 is 10.1 Å². The molecule has 0 aliphatic rings. The number of carbonyl (C=O) groups is 2. The predicted octanol–water partition coefficient (Wildman–Crippen LogP) is 1.97. The lowest BCUT2D eigenvalue weighted by Gasteiger charge is -2.20. The van der Waals surface area contributed by atoms with Crippen LogP contribution in [-0.2, 0) is 4.79 Å². The van der Waals surface area contributed by atoms with Crippen molar-refractivity contribution in [2.45, 2.75) is 39.8 Å². The van der Waals surface area contributed by atoms with E-state index in [1.807, 2.05) is 38.1 Å². The minimum atomic E-state index is -0.492.